The molecule has 1 aromatic rings. The highest BCUT2D eigenvalue weighted by Crippen LogP contribution is 2.40. The number of nitrogens with zero attached hydrogens (tertiary/aromatic N) is 2. The molecule has 0 radical (unpaired) electrons. The van der Waals surface area contributed by atoms with Crippen LogP contribution in [0.15, 0.2) is 46.1 Å². The second-order valence-electron chi connectivity index (χ2n) is 5.17. The van der Waals surface area contributed by atoms with Crippen LogP contribution in [0.2, 0.25) is 0 Å². The summed E-state index contributed by atoms with van der Waals surface area (Å²) in [5.74, 6) is -0.847. The van der Waals surface area contributed by atoms with Crippen LogP contribution in [0.4, 0.5) is 5.69 Å². The molecule has 3 rings (SSSR count). The molecule has 0 aliphatic carbocycles. The van der Waals surface area contributed by atoms with Crippen LogP contribution in [0.1, 0.15) is 19.4 Å². The van der Waals surface area contributed by atoms with Crippen molar-refractivity contribution in [1.29, 1.82) is 0 Å². The second-order valence-corrected chi connectivity index (χ2v) is 5.17. The Balaban J connectivity index is 2.23. The van der Waals surface area contributed by atoms with Gasteiger partial charge in [0.2, 0.25) is 0 Å². The topological polar surface area (TPSA) is 52.9 Å². The number of aliphatic carboxylic acids is 1. The number of aliphatic imine (C=N–C) groups is 1. The van der Waals surface area contributed by atoms with Crippen molar-refractivity contribution in [2.24, 2.45) is 4.99 Å². The minimum absolute atomic E-state index is 0.129. The minimum Gasteiger partial charge on any atom is -0.478 e. The number of benzene rings is 1. The van der Waals surface area contributed by atoms with Crippen molar-refractivity contribution < 1.29 is 9.90 Å². The van der Waals surface area contributed by atoms with E-state index in [1.807, 2.05) is 56.3 Å². The zero-order valence-electron chi connectivity index (χ0n) is 11.7. The summed E-state index contributed by atoms with van der Waals surface area (Å²) in [6.07, 6.45) is 1.83. The number of hydrogen-bond donors (Lipinski definition) is 1. The Morgan fingerprint density at radius 1 is 1.35 bits per heavy atom. The molecule has 1 N–H and O–H groups in total. The molecule has 20 heavy (non-hydrogen) atoms. The minimum atomic E-state index is -0.847. The summed E-state index contributed by atoms with van der Waals surface area (Å²) < 4.78 is 0. The van der Waals surface area contributed by atoms with E-state index in [2.05, 4.69) is 4.99 Å². The van der Waals surface area contributed by atoms with Crippen LogP contribution in [0.5, 0.6) is 0 Å². The van der Waals surface area contributed by atoms with Gasteiger partial charge in [-0.15, -0.1) is 0 Å². The first-order valence-electron chi connectivity index (χ1n) is 6.57. The van der Waals surface area contributed by atoms with E-state index in [1.165, 1.54) is 0 Å². The summed E-state index contributed by atoms with van der Waals surface area (Å²) in [5, 5.41) is 9.39. The van der Waals surface area contributed by atoms with Crippen molar-refractivity contribution in [3.05, 3.63) is 46.7 Å². The highest BCUT2D eigenvalue weighted by Gasteiger charge is 2.35. The fourth-order valence-electron chi connectivity index (χ4n) is 3.03. The molecule has 0 fully saturated rings. The number of carboxylic acids is 1. The van der Waals surface area contributed by atoms with Gasteiger partial charge in [-0.3, -0.25) is 4.99 Å². The third kappa shape index (κ3) is 1.61. The zero-order chi connectivity index (χ0) is 14.4. The molecule has 0 aromatic heterocycles. The summed E-state index contributed by atoms with van der Waals surface area (Å²) >= 11 is 0. The Hall–Kier alpha value is -2.36. The van der Waals surface area contributed by atoms with E-state index in [0.29, 0.717) is 5.57 Å². The SMILES string of the molecule is CC1=C(C(=O)O)C(C)N(C)C1=C1C=Nc2ccccc21. The number of para-hydroxylation sites is 1. The van der Waals surface area contributed by atoms with Crippen LogP contribution in [0, 0.1) is 0 Å². The highest BCUT2D eigenvalue weighted by atomic mass is 16.4. The molecule has 0 saturated carbocycles. The molecule has 1 atom stereocenters. The van der Waals surface area contributed by atoms with E-state index < -0.39 is 5.97 Å². The highest BCUT2D eigenvalue weighted by molar-refractivity contribution is 6.18. The Labute approximate surface area is 117 Å². The molecular weight excluding hydrogens is 252 g/mol. The molecule has 1 unspecified atom stereocenters. The summed E-state index contributed by atoms with van der Waals surface area (Å²) in [5.41, 5.74) is 5.26. The molecule has 0 saturated heterocycles. The van der Waals surface area contributed by atoms with Gasteiger partial charge in [-0.25, -0.2) is 4.79 Å². The van der Waals surface area contributed by atoms with E-state index >= 15 is 0 Å². The molecule has 0 spiro atoms. The summed E-state index contributed by atoms with van der Waals surface area (Å²) in [7, 11) is 1.93. The lowest BCUT2D eigenvalue weighted by atomic mass is 10.0. The maximum atomic E-state index is 11.4. The molecule has 2 aliphatic heterocycles. The zero-order valence-corrected chi connectivity index (χ0v) is 11.7. The summed E-state index contributed by atoms with van der Waals surface area (Å²) in [6, 6.07) is 7.79. The maximum absolute atomic E-state index is 11.4. The third-order valence-electron chi connectivity index (χ3n) is 4.12. The van der Waals surface area contributed by atoms with Gasteiger partial charge in [0.15, 0.2) is 0 Å². The van der Waals surface area contributed by atoms with E-state index in [9.17, 15) is 9.90 Å². The maximum Gasteiger partial charge on any atom is 0.334 e. The van der Waals surface area contributed by atoms with Gasteiger partial charge < -0.3 is 10.0 Å². The molecule has 102 valence electrons. The monoisotopic (exact) mass is 268 g/mol. The third-order valence-corrected chi connectivity index (χ3v) is 4.12. The van der Waals surface area contributed by atoms with Gasteiger partial charge in [-0.05, 0) is 25.5 Å². The Morgan fingerprint density at radius 2 is 2.05 bits per heavy atom. The normalized spacial score (nSPS) is 24.6. The van der Waals surface area contributed by atoms with E-state index in [1.54, 1.807) is 0 Å². The summed E-state index contributed by atoms with van der Waals surface area (Å²) in [4.78, 5) is 17.9. The average Bonchev–Trinajstić information content (AvgIpc) is 2.91. The number of allylic oxidation sites excluding steroid dienone is 2. The number of hydrogen-bond acceptors (Lipinski definition) is 3. The molecule has 4 heteroatoms. The standard InChI is InChI=1S/C16H16N2O2/c1-9-14(16(19)20)10(2)18(3)15(9)12-8-17-13-7-5-4-6-11(12)13/h4-8,10H,1-3H3,(H,19,20). The van der Waals surface area contributed by atoms with Crippen LogP contribution in [0.3, 0.4) is 0 Å². The lowest BCUT2D eigenvalue weighted by Gasteiger charge is -2.22. The second kappa shape index (κ2) is 4.34. The number of carboxylic acid groups (broad SMARTS) is 1. The van der Waals surface area contributed by atoms with E-state index in [-0.39, 0.29) is 6.04 Å². The predicted molar refractivity (Wildman–Crippen MR) is 79.1 cm³/mol. The number of likely N-dealkylation sites (N-methyl/N-ethyl adjacent to an activating group) is 1. The average molecular weight is 268 g/mol. The predicted octanol–water partition coefficient (Wildman–Crippen LogP) is 2.85. The fourth-order valence-corrected chi connectivity index (χ4v) is 3.03. The van der Waals surface area contributed by atoms with Crippen LogP contribution < -0.4 is 0 Å². The Morgan fingerprint density at radius 3 is 2.70 bits per heavy atom. The Kier molecular flexibility index (Phi) is 2.74. The van der Waals surface area contributed by atoms with Gasteiger partial charge in [-0.1, -0.05) is 18.2 Å². The van der Waals surface area contributed by atoms with E-state index in [4.69, 9.17) is 0 Å². The summed E-state index contributed by atoms with van der Waals surface area (Å²) in [6.45, 7) is 3.79. The van der Waals surface area contributed by atoms with Crippen LogP contribution in [-0.4, -0.2) is 35.3 Å². The number of fused-ring (bicyclic) bond motifs is 1. The molecule has 2 heterocycles. The lowest BCUT2D eigenvalue weighted by molar-refractivity contribution is -0.133. The molecule has 2 aliphatic rings. The Bertz CT molecular complexity index is 698. The molecule has 0 amide bonds. The number of carbonyl (C=O) groups is 1. The van der Waals surface area contributed by atoms with Gasteiger partial charge in [0.1, 0.15) is 0 Å². The molecule has 4 nitrogen and oxygen atoms in total. The van der Waals surface area contributed by atoms with Gasteiger partial charge in [0.25, 0.3) is 0 Å². The van der Waals surface area contributed by atoms with Crippen molar-refractivity contribution in [2.75, 3.05) is 7.05 Å². The van der Waals surface area contributed by atoms with Gasteiger partial charge in [0, 0.05) is 24.4 Å². The van der Waals surface area contributed by atoms with Gasteiger partial charge in [-0.2, -0.15) is 0 Å². The first-order chi connectivity index (χ1) is 9.52. The molecular formula is C16H16N2O2. The quantitative estimate of drug-likeness (QED) is 0.852. The van der Waals surface area contributed by atoms with Crippen molar-refractivity contribution in [2.45, 2.75) is 19.9 Å². The molecule has 0 bridgehead atoms. The smallest absolute Gasteiger partial charge is 0.334 e. The fraction of sp³-hybridized carbons (Fsp3) is 0.250. The first-order valence-corrected chi connectivity index (χ1v) is 6.57. The lowest BCUT2D eigenvalue weighted by Crippen LogP contribution is -2.26. The van der Waals surface area contributed by atoms with Gasteiger partial charge in [0.05, 0.1) is 23.0 Å². The first kappa shape index (κ1) is 12.7. The van der Waals surface area contributed by atoms with Gasteiger partial charge >= 0.3 is 5.97 Å². The number of rotatable bonds is 1. The van der Waals surface area contributed by atoms with Crippen molar-refractivity contribution in [1.82, 2.24) is 4.90 Å². The van der Waals surface area contributed by atoms with Crippen LogP contribution in [0.25, 0.3) is 5.57 Å². The van der Waals surface area contributed by atoms with E-state index in [0.717, 1.165) is 28.1 Å². The molecule has 1 aromatic carbocycles. The van der Waals surface area contributed by atoms with Crippen molar-refractivity contribution >= 4 is 23.4 Å². The van der Waals surface area contributed by atoms with Crippen molar-refractivity contribution in [3.63, 3.8) is 0 Å². The van der Waals surface area contributed by atoms with Crippen LogP contribution in [-0.2, 0) is 4.79 Å². The van der Waals surface area contributed by atoms with Crippen molar-refractivity contribution in [3.8, 4) is 0 Å². The van der Waals surface area contributed by atoms with Crippen LogP contribution >= 0.6 is 0 Å². The largest absolute Gasteiger partial charge is 0.478 e.